The Kier molecular flexibility index (Phi) is 7.58. The number of imide groups is 2. The van der Waals surface area contributed by atoms with Gasteiger partial charge < -0.3 is 9.47 Å². The van der Waals surface area contributed by atoms with Gasteiger partial charge in [0.25, 0.3) is 11.8 Å². The lowest BCUT2D eigenvalue weighted by Crippen LogP contribution is -2.54. The summed E-state index contributed by atoms with van der Waals surface area (Å²) >= 11 is 3.50. The van der Waals surface area contributed by atoms with Crippen LogP contribution >= 0.6 is 15.9 Å². The lowest BCUT2D eigenvalue weighted by atomic mass is 10.0. The molecule has 7 nitrogen and oxygen atoms in total. The fourth-order valence-corrected chi connectivity index (χ4v) is 3.89. The number of benzene rings is 2. The average molecular weight is 515 g/mol. The molecule has 1 atom stereocenters. The van der Waals surface area contributed by atoms with E-state index in [9.17, 15) is 14.4 Å². The van der Waals surface area contributed by atoms with Crippen LogP contribution in [-0.2, 0) is 9.59 Å². The third-order valence-corrected chi connectivity index (χ3v) is 5.82. The van der Waals surface area contributed by atoms with Crippen LogP contribution in [0.25, 0.3) is 6.08 Å². The fraction of sp³-hybridized carbons (Fsp3) is 0.320. The molecule has 1 saturated heterocycles. The van der Waals surface area contributed by atoms with Gasteiger partial charge in [-0.15, -0.1) is 0 Å². The standard InChI is InChI=1S/C25H27BrN2O5/c1-6-16(5)33-22-13-20(26)17(12-21(22)32-7-2)11-19-23(29)27-25(31)28(24(19)30)18-9-14(3)8-15(4)10-18/h8-13,16H,6-7H2,1-5H3,(H,27,29,31)/b19-11+/t16-/m1/s1. The molecular formula is C25H27BrN2O5. The molecule has 1 aliphatic heterocycles. The van der Waals surface area contributed by atoms with Crippen molar-refractivity contribution < 1.29 is 23.9 Å². The van der Waals surface area contributed by atoms with Crippen LogP contribution in [0.2, 0.25) is 0 Å². The van der Waals surface area contributed by atoms with E-state index in [1.807, 2.05) is 40.7 Å². The highest BCUT2D eigenvalue weighted by atomic mass is 79.9. The van der Waals surface area contributed by atoms with E-state index in [1.165, 1.54) is 6.08 Å². The number of hydrogen-bond donors (Lipinski definition) is 1. The Morgan fingerprint density at radius 1 is 1.03 bits per heavy atom. The number of barbiturate groups is 1. The molecule has 8 heteroatoms. The van der Waals surface area contributed by atoms with E-state index in [4.69, 9.17) is 9.47 Å². The van der Waals surface area contributed by atoms with Gasteiger partial charge in [-0.05, 0) is 81.1 Å². The van der Waals surface area contributed by atoms with Crippen LogP contribution < -0.4 is 19.7 Å². The number of nitrogens with zero attached hydrogens (tertiary/aromatic N) is 1. The van der Waals surface area contributed by atoms with E-state index < -0.39 is 17.8 Å². The summed E-state index contributed by atoms with van der Waals surface area (Å²) < 4.78 is 12.3. The monoisotopic (exact) mass is 514 g/mol. The van der Waals surface area contributed by atoms with E-state index in [-0.39, 0.29) is 11.7 Å². The molecule has 2 aromatic rings. The minimum atomic E-state index is -0.779. The average Bonchev–Trinajstić information content (AvgIpc) is 2.73. The highest BCUT2D eigenvalue weighted by Gasteiger charge is 2.37. The molecule has 1 heterocycles. The summed E-state index contributed by atoms with van der Waals surface area (Å²) in [6, 6.07) is 8.06. The molecule has 0 aliphatic carbocycles. The van der Waals surface area contributed by atoms with Gasteiger partial charge >= 0.3 is 6.03 Å². The number of amides is 4. The number of carbonyl (C=O) groups is 3. The van der Waals surface area contributed by atoms with E-state index >= 15 is 0 Å². The fourth-order valence-electron chi connectivity index (χ4n) is 3.45. The summed E-state index contributed by atoms with van der Waals surface area (Å²) in [6.07, 6.45) is 2.26. The van der Waals surface area contributed by atoms with Crippen molar-refractivity contribution in [3.8, 4) is 11.5 Å². The first-order chi connectivity index (χ1) is 15.6. The molecule has 0 aromatic heterocycles. The Balaban J connectivity index is 2.05. The van der Waals surface area contributed by atoms with Gasteiger partial charge in [-0.25, -0.2) is 9.69 Å². The van der Waals surface area contributed by atoms with Crippen LogP contribution in [0, 0.1) is 13.8 Å². The van der Waals surface area contributed by atoms with Crippen molar-refractivity contribution in [2.45, 2.75) is 47.1 Å². The quantitative estimate of drug-likeness (QED) is 0.399. The molecule has 1 fully saturated rings. The summed E-state index contributed by atoms with van der Waals surface area (Å²) in [7, 11) is 0. The number of aryl methyl sites for hydroxylation is 2. The predicted molar refractivity (Wildman–Crippen MR) is 131 cm³/mol. The second-order valence-corrected chi connectivity index (χ2v) is 8.75. The van der Waals surface area contributed by atoms with Gasteiger partial charge in [-0.2, -0.15) is 0 Å². The van der Waals surface area contributed by atoms with Crippen molar-refractivity contribution in [1.82, 2.24) is 5.32 Å². The maximum absolute atomic E-state index is 13.3. The van der Waals surface area contributed by atoms with Crippen LogP contribution in [-0.4, -0.2) is 30.6 Å². The number of nitrogens with one attached hydrogen (secondary N) is 1. The second-order valence-electron chi connectivity index (χ2n) is 7.89. The number of anilines is 1. The molecular weight excluding hydrogens is 488 g/mol. The van der Waals surface area contributed by atoms with Crippen molar-refractivity contribution in [3.05, 3.63) is 57.1 Å². The van der Waals surface area contributed by atoms with Crippen LogP contribution in [0.1, 0.15) is 43.9 Å². The molecule has 33 heavy (non-hydrogen) atoms. The topological polar surface area (TPSA) is 84.9 Å². The Labute approximate surface area is 201 Å². The minimum absolute atomic E-state index is 0.0108. The molecule has 4 amide bonds. The zero-order valence-electron chi connectivity index (χ0n) is 19.3. The predicted octanol–water partition coefficient (Wildman–Crippen LogP) is 5.31. The third-order valence-electron chi connectivity index (χ3n) is 5.13. The van der Waals surface area contributed by atoms with Crippen LogP contribution in [0.4, 0.5) is 10.5 Å². The number of urea groups is 1. The Hall–Kier alpha value is -3.13. The van der Waals surface area contributed by atoms with E-state index in [0.717, 1.165) is 22.4 Å². The van der Waals surface area contributed by atoms with Gasteiger partial charge in [-0.3, -0.25) is 14.9 Å². The van der Waals surface area contributed by atoms with Gasteiger partial charge in [0, 0.05) is 4.47 Å². The normalized spacial score (nSPS) is 16.1. The van der Waals surface area contributed by atoms with Crippen LogP contribution in [0.3, 0.4) is 0 Å². The minimum Gasteiger partial charge on any atom is -0.490 e. The first-order valence-corrected chi connectivity index (χ1v) is 11.6. The van der Waals surface area contributed by atoms with E-state index in [2.05, 4.69) is 21.2 Å². The first kappa shape index (κ1) is 24.5. The maximum atomic E-state index is 13.3. The van der Waals surface area contributed by atoms with Gasteiger partial charge in [0.2, 0.25) is 0 Å². The summed E-state index contributed by atoms with van der Waals surface area (Å²) in [5.41, 5.74) is 2.58. The molecule has 0 bridgehead atoms. The van der Waals surface area contributed by atoms with Gasteiger partial charge in [0.1, 0.15) is 5.57 Å². The summed E-state index contributed by atoms with van der Waals surface area (Å²) in [5, 5.41) is 2.26. The molecule has 0 spiro atoms. The summed E-state index contributed by atoms with van der Waals surface area (Å²) in [6.45, 7) is 10.0. The molecule has 3 rings (SSSR count). The van der Waals surface area contributed by atoms with Crippen molar-refractivity contribution in [3.63, 3.8) is 0 Å². The van der Waals surface area contributed by atoms with Crippen molar-refractivity contribution in [2.24, 2.45) is 0 Å². The van der Waals surface area contributed by atoms with Crippen molar-refractivity contribution >= 4 is 45.5 Å². The van der Waals surface area contributed by atoms with Gasteiger partial charge in [-0.1, -0.05) is 28.9 Å². The van der Waals surface area contributed by atoms with Crippen molar-refractivity contribution in [1.29, 1.82) is 0 Å². The SMILES string of the molecule is CCOc1cc(/C=C2\C(=O)NC(=O)N(c3cc(C)cc(C)c3)C2=O)c(Br)cc1O[C@H](C)CC. The molecule has 0 saturated carbocycles. The highest BCUT2D eigenvalue weighted by Crippen LogP contribution is 2.36. The highest BCUT2D eigenvalue weighted by molar-refractivity contribution is 9.10. The van der Waals surface area contributed by atoms with Gasteiger partial charge in [0.05, 0.1) is 18.4 Å². The molecule has 2 aromatic carbocycles. The number of ether oxygens (including phenoxy) is 2. The zero-order chi connectivity index (χ0) is 24.3. The van der Waals surface area contributed by atoms with E-state index in [0.29, 0.717) is 33.8 Å². The second kappa shape index (κ2) is 10.2. The lowest BCUT2D eigenvalue weighted by Gasteiger charge is -2.27. The van der Waals surface area contributed by atoms with Crippen molar-refractivity contribution in [2.75, 3.05) is 11.5 Å². The molecule has 1 aliphatic rings. The number of carbonyl (C=O) groups excluding carboxylic acids is 3. The Bertz CT molecular complexity index is 1120. The Morgan fingerprint density at radius 2 is 1.70 bits per heavy atom. The number of halogens is 1. The summed E-state index contributed by atoms with van der Waals surface area (Å²) in [5.74, 6) is -0.389. The maximum Gasteiger partial charge on any atom is 0.335 e. The smallest absolute Gasteiger partial charge is 0.335 e. The van der Waals surface area contributed by atoms with E-state index in [1.54, 1.807) is 24.3 Å². The number of rotatable bonds is 7. The first-order valence-electron chi connectivity index (χ1n) is 10.8. The largest absolute Gasteiger partial charge is 0.490 e. The molecule has 0 radical (unpaired) electrons. The van der Waals surface area contributed by atoms with Crippen LogP contribution in [0.5, 0.6) is 11.5 Å². The lowest BCUT2D eigenvalue weighted by molar-refractivity contribution is -0.122. The third kappa shape index (κ3) is 5.45. The Morgan fingerprint density at radius 3 is 2.30 bits per heavy atom. The summed E-state index contributed by atoms with van der Waals surface area (Å²) in [4.78, 5) is 39.3. The molecule has 0 unspecified atom stereocenters. The molecule has 1 N–H and O–H groups in total. The van der Waals surface area contributed by atoms with Gasteiger partial charge in [0.15, 0.2) is 11.5 Å². The molecule has 174 valence electrons. The zero-order valence-corrected chi connectivity index (χ0v) is 20.9. The number of hydrogen-bond acceptors (Lipinski definition) is 5. The van der Waals surface area contributed by atoms with Crippen LogP contribution in [0.15, 0.2) is 40.4 Å².